The van der Waals surface area contributed by atoms with Crippen molar-refractivity contribution in [3.63, 3.8) is 0 Å². The zero-order valence-corrected chi connectivity index (χ0v) is 12.0. The van der Waals surface area contributed by atoms with Crippen LogP contribution in [-0.4, -0.2) is 22.2 Å². The summed E-state index contributed by atoms with van der Waals surface area (Å²) in [6.07, 6.45) is 4.87. The Morgan fingerprint density at radius 3 is 3.10 bits per heavy atom. The molecule has 2 heterocycles. The van der Waals surface area contributed by atoms with Gasteiger partial charge >= 0.3 is 0 Å². The summed E-state index contributed by atoms with van der Waals surface area (Å²) in [5.41, 5.74) is 2.47. The molecule has 2 aromatic rings. The SMILES string of the molecule is CC(C)NCc1cncn1C1CCOc2ccccc21. The first kappa shape index (κ1) is 13.2. The summed E-state index contributed by atoms with van der Waals surface area (Å²) in [6.45, 7) is 5.92. The van der Waals surface area contributed by atoms with Crippen LogP contribution in [0.5, 0.6) is 5.75 Å². The fraction of sp³-hybridized carbons (Fsp3) is 0.438. The van der Waals surface area contributed by atoms with Gasteiger partial charge in [0, 0.05) is 30.8 Å². The first-order valence-corrected chi connectivity index (χ1v) is 7.21. The number of nitrogens with one attached hydrogen (secondary N) is 1. The fourth-order valence-corrected chi connectivity index (χ4v) is 2.67. The van der Waals surface area contributed by atoms with Gasteiger partial charge in [-0.15, -0.1) is 0 Å². The van der Waals surface area contributed by atoms with Crippen molar-refractivity contribution >= 4 is 0 Å². The van der Waals surface area contributed by atoms with Gasteiger partial charge < -0.3 is 14.6 Å². The maximum atomic E-state index is 5.74. The van der Waals surface area contributed by atoms with Gasteiger partial charge in [0.15, 0.2) is 0 Å². The number of hydrogen-bond donors (Lipinski definition) is 1. The second-order valence-electron chi connectivity index (χ2n) is 5.52. The standard InChI is InChI=1S/C16H21N3O/c1-12(2)18-10-13-9-17-11-19(13)15-7-8-20-16-6-4-3-5-14(15)16/h3-6,9,11-12,15,18H,7-8,10H2,1-2H3. The largest absolute Gasteiger partial charge is 0.493 e. The van der Waals surface area contributed by atoms with Crippen LogP contribution in [0.2, 0.25) is 0 Å². The summed E-state index contributed by atoms with van der Waals surface area (Å²) < 4.78 is 8.01. The molecule has 1 aromatic carbocycles. The number of rotatable bonds is 4. The van der Waals surface area contributed by atoms with Crippen molar-refractivity contribution in [2.45, 2.75) is 38.9 Å². The Bertz CT molecular complexity index is 577. The van der Waals surface area contributed by atoms with Gasteiger partial charge in [0.2, 0.25) is 0 Å². The number of para-hydroxylation sites is 1. The molecule has 1 N–H and O–H groups in total. The Morgan fingerprint density at radius 1 is 1.40 bits per heavy atom. The van der Waals surface area contributed by atoms with Crippen molar-refractivity contribution in [3.8, 4) is 5.75 Å². The number of ether oxygens (including phenoxy) is 1. The molecule has 20 heavy (non-hydrogen) atoms. The summed E-state index contributed by atoms with van der Waals surface area (Å²) in [7, 11) is 0. The average molecular weight is 271 g/mol. The molecule has 1 aliphatic heterocycles. The Hall–Kier alpha value is -1.81. The number of aromatic nitrogens is 2. The van der Waals surface area contributed by atoms with Crippen LogP contribution < -0.4 is 10.1 Å². The zero-order chi connectivity index (χ0) is 13.9. The Kier molecular flexibility index (Phi) is 3.74. The first-order chi connectivity index (χ1) is 9.75. The van der Waals surface area contributed by atoms with Crippen molar-refractivity contribution in [2.24, 2.45) is 0 Å². The minimum Gasteiger partial charge on any atom is -0.493 e. The normalized spacial score (nSPS) is 17.9. The molecule has 0 saturated heterocycles. The predicted octanol–water partition coefficient (Wildman–Crippen LogP) is 2.75. The van der Waals surface area contributed by atoms with Gasteiger partial charge in [-0.1, -0.05) is 32.0 Å². The van der Waals surface area contributed by atoms with Crippen LogP contribution in [-0.2, 0) is 6.54 Å². The maximum absolute atomic E-state index is 5.74. The van der Waals surface area contributed by atoms with Crippen LogP contribution in [0.4, 0.5) is 0 Å². The Labute approximate surface area is 119 Å². The van der Waals surface area contributed by atoms with E-state index in [4.69, 9.17) is 4.74 Å². The van der Waals surface area contributed by atoms with Gasteiger partial charge in [0.05, 0.1) is 24.7 Å². The highest BCUT2D eigenvalue weighted by Crippen LogP contribution is 2.34. The summed E-state index contributed by atoms with van der Waals surface area (Å²) in [6, 6.07) is 9.09. The molecule has 0 fully saturated rings. The van der Waals surface area contributed by atoms with Gasteiger partial charge in [-0.3, -0.25) is 0 Å². The van der Waals surface area contributed by atoms with Crippen molar-refractivity contribution < 1.29 is 4.74 Å². The topological polar surface area (TPSA) is 39.1 Å². The van der Waals surface area contributed by atoms with Crippen LogP contribution >= 0.6 is 0 Å². The molecular weight excluding hydrogens is 250 g/mol. The third kappa shape index (κ3) is 2.56. The zero-order valence-electron chi connectivity index (χ0n) is 12.0. The van der Waals surface area contributed by atoms with Crippen LogP contribution in [0.1, 0.15) is 37.6 Å². The van der Waals surface area contributed by atoms with E-state index in [1.54, 1.807) is 0 Å². The van der Waals surface area contributed by atoms with Crippen molar-refractivity contribution in [2.75, 3.05) is 6.61 Å². The van der Waals surface area contributed by atoms with Gasteiger partial charge in [-0.05, 0) is 6.07 Å². The molecule has 0 radical (unpaired) electrons. The van der Waals surface area contributed by atoms with Gasteiger partial charge in [0.25, 0.3) is 0 Å². The van der Waals surface area contributed by atoms with E-state index in [-0.39, 0.29) is 0 Å². The molecule has 106 valence electrons. The van der Waals surface area contributed by atoms with Crippen molar-refractivity contribution in [1.82, 2.24) is 14.9 Å². The van der Waals surface area contributed by atoms with E-state index in [9.17, 15) is 0 Å². The lowest BCUT2D eigenvalue weighted by Crippen LogP contribution is -2.26. The van der Waals surface area contributed by atoms with Gasteiger partial charge in [0.1, 0.15) is 5.75 Å². The number of nitrogens with zero attached hydrogens (tertiary/aromatic N) is 2. The molecule has 0 amide bonds. The molecule has 1 aliphatic rings. The third-order valence-corrected chi connectivity index (χ3v) is 3.70. The van der Waals surface area contributed by atoms with E-state index in [1.807, 2.05) is 24.7 Å². The number of fused-ring (bicyclic) bond motifs is 1. The maximum Gasteiger partial charge on any atom is 0.124 e. The summed E-state index contributed by atoms with van der Waals surface area (Å²) in [4.78, 5) is 4.33. The van der Waals surface area contributed by atoms with E-state index in [1.165, 1.54) is 11.3 Å². The molecule has 1 unspecified atom stereocenters. The summed E-state index contributed by atoms with van der Waals surface area (Å²) in [5.74, 6) is 1.00. The molecule has 1 aromatic heterocycles. The molecule has 4 heteroatoms. The van der Waals surface area contributed by atoms with E-state index in [2.05, 4.69) is 40.8 Å². The van der Waals surface area contributed by atoms with Crippen LogP contribution in [0.3, 0.4) is 0 Å². The lowest BCUT2D eigenvalue weighted by atomic mass is 10.00. The molecule has 0 saturated carbocycles. The highest BCUT2D eigenvalue weighted by Gasteiger charge is 2.23. The van der Waals surface area contributed by atoms with Crippen LogP contribution in [0.15, 0.2) is 36.8 Å². The number of benzene rings is 1. The summed E-state index contributed by atoms with van der Waals surface area (Å²) in [5, 5.41) is 3.46. The van der Waals surface area contributed by atoms with Crippen LogP contribution in [0.25, 0.3) is 0 Å². The van der Waals surface area contributed by atoms with Gasteiger partial charge in [-0.2, -0.15) is 0 Å². The van der Waals surface area contributed by atoms with Crippen molar-refractivity contribution in [3.05, 3.63) is 48.0 Å². The van der Waals surface area contributed by atoms with Crippen LogP contribution in [0, 0.1) is 0 Å². The highest BCUT2D eigenvalue weighted by molar-refractivity contribution is 5.38. The molecule has 0 aliphatic carbocycles. The Morgan fingerprint density at radius 2 is 2.25 bits per heavy atom. The molecule has 3 rings (SSSR count). The highest BCUT2D eigenvalue weighted by atomic mass is 16.5. The number of imidazole rings is 1. The molecular formula is C16H21N3O. The summed E-state index contributed by atoms with van der Waals surface area (Å²) >= 11 is 0. The lowest BCUT2D eigenvalue weighted by Gasteiger charge is -2.28. The fourth-order valence-electron chi connectivity index (χ4n) is 2.67. The second kappa shape index (κ2) is 5.67. The predicted molar refractivity (Wildman–Crippen MR) is 78.9 cm³/mol. The van der Waals surface area contributed by atoms with E-state index < -0.39 is 0 Å². The number of hydrogen-bond acceptors (Lipinski definition) is 3. The van der Waals surface area contributed by atoms with E-state index in [0.717, 1.165) is 25.3 Å². The lowest BCUT2D eigenvalue weighted by molar-refractivity contribution is 0.254. The minimum atomic E-state index is 0.325. The quantitative estimate of drug-likeness (QED) is 0.929. The molecule has 0 bridgehead atoms. The molecule has 0 spiro atoms. The first-order valence-electron chi connectivity index (χ1n) is 7.21. The average Bonchev–Trinajstić information content (AvgIpc) is 2.92. The smallest absolute Gasteiger partial charge is 0.124 e. The van der Waals surface area contributed by atoms with E-state index >= 15 is 0 Å². The van der Waals surface area contributed by atoms with E-state index in [0.29, 0.717) is 12.1 Å². The minimum absolute atomic E-state index is 0.325. The van der Waals surface area contributed by atoms with Crippen molar-refractivity contribution in [1.29, 1.82) is 0 Å². The third-order valence-electron chi connectivity index (χ3n) is 3.70. The molecule has 4 nitrogen and oxygen atoms in total. The second-order valence-corrected chi connectivity index (χ2v) is 5.52. The van der Waals surface area contributed by atoms with Gasteiger partial charge in [-0.25, -0.2) is 4.98 Å². The Balaban J connectivity index is 1.89. The monoisotopic (exact) mass is 271 g/mol. The molecule has 1 atom stereocenters.